The summed E-state index contributed by atoms with van der Waals surface area (Å²) < 4.78 is 22.9. The van der Waals surface area contributed by atoms with E-state index in [1.165, 1.54) is 0 Å². The smallest absolute Gasteiger partial charge is 0.226 e. The lowest BCUT2D eigenvalue weighted by molar-refractivity contribution is -0.136. The largest absolute Gasteiger partial charge is 0.338 e. The van der Waals surface area contributed by atoms with Gasteiger partial charge in [0.2, 0.25) is 5.91 Å². The van der Waals surface area contributed by atoms with Crippen molar-refractivity contribution in [3.05, 3.63) is 0 Å². The van der Waals surface area contributed by atoms with Crippen molar-refractivity contribution in [3.63, 3.8) is 0 Å². The zero-order valence-electron chi connectivity index (χ0n) is 10.6. The zero-order chi connectivity index (χ0) is 13.1. The van der Waals surface area contributed by atoms with Gasteiger partial charge in [-0.2, -0.15) is 0 Å². The maximum Gasteiger partial charge on any atom is 0.226 e. The molecule has 1 heterocycles. The van der Waals surface area contributed by atoms with Crippen LogP contribution in [0.1, 0.15) is 26.7 Å². The summed E-state index contributed by atoms with van der Waals surface area (Å²) >= 11 is 0. The minimum Gasteiger partial charge on any atom is -0.338 e. The van der Waals surface area contributed by atoms with Gasteiger partial charge >= 0.3 is 0 Å². The van der Waals surface area contributed by atoms with Crippen LogP contribution < -0.4 is 5.73 Å². The number of sulfone groups is 1. The molecule has 0 aromatic rings. The highest BCUT2D eigenvalue weighted by atomic mass is 32.2. The van der Waals surface area contributed by atoms with Crippen molar-refractivity contribution in [3.8, 4) is 0 Å². The van der Waals surface area contributed by atoms with Crippen molar-refractivity contribution in [2.75, 3.05) is 24.6 Å². The van der Waals surface area contributed by atoms with Crippen molar-refractivity contribution in [2.45, 2.75) is 32.7 Å². The van der Waals surface area contributed by atoms with Gasteiger partial charge in [-0.3, -0.25) is 4.79 Å². The molecule has 0 saturated carbocycles. The van der Waals surface area contributed by atoms with Gasteiger partial charge in [0, 0.05) is 25.0 Å². The average molecular weight is 262 g/mol. The van der Waals surface area contributed by atoms with Crippen LogP contribution in [0.5, 0.6) is 0 Å². The van der Waals surface area contributed by atoms with Crippen molar-refractivity contribution >= 4 is 15.7 Å². The van der Waals surface area contributed by atoms with Crippen LogP contribution in [0.25, 0.3) is 0 Å². The number of hydrogen-bond donors (Lipinski definition) is 1. The summed E-state index contributed by atoms with van der Waals surface area (Å²) in [6.45, 7) is 4.69. The number of nitrogens with two attached hydrogens (primary N) is 1. The van der Waals surface area contributed by atoms with Crippen molar-refractivity contribution < 1.29 is 13.2 Å². The molecule has 2 atom stereocenters. The molecule has 1 amide bonds. The highest BCUT2D eigenvalue weighted by molar-refractivity contribution is 7.91. The van der Waals surface area contributed by atoms with Crippen LogP contribution in [0.15, 0.2) is 0 Å². The molecule has 5 nitrogen and oxygen atoms in total. The molecule has 1 aliphatic heterocycles. The Balaban J connectivity index is 2.76. The van der Waals surface area contributed by atoms with Gasteiger partial charge in [0.25, 0.3) is 0 Å². The van der Waals surface area contributed by atoms with Crippen molar-refractivity contribution in [1.82, 2.24) is 4.90 Å². The molecule has 6 heteroatoms. The van der Waals surface area contributed by atoms with E-state index in [-0.39, 0.29) is 29.4 Å². The van der Waals surface area contributed by atoms with Crippen LogP contribution >= 0.6 is 0 Å². The van der Waals surface area contributed by atoms with Crippen molar-refractivity contribution in [2.24, 2.45) is 11.7 Å². The van der Waals surface area contributed by atoms with Crippen LogP contribution in [0.3, 0.4) is 0 Å². The standard InChI is InChI=1S/C11H22N2O3S/c1-3-5-13(11(14)9(2)7-12)10-4-6-17(15,16)8-10/h9-10H,3-8,12H2,1-2H3. The fourth-order valence-corrected chi connectivity index (χ4v) is 3.85. The molecule has 0 aromatic carbocycles. The summed E-state index contributed by atoms with van der Waals surface area (Å²) in [6, 6.07) is -0.151. The Hall–Kier alpha value is -0.620. The molecule has 0 radical (unpaired) electrons. The Morgan fingerprint density at radius 3 is 2.59 bits per heavy atom. The highest BCUT2D eigenvalue weighted by Crippen LogP contribution is 2.19. The molecule has 0 spiro atoms. The van der Waals surface area contributed by atoms with Crippen LogP contribution in [-0.4, -0.2) is 49.9 Å². The number of rotatable bonds is 5. The molecule has 2 unspecified atom stereocenters. The third kappa shape index (κ3) is 3.67. The normalized spacial score (nSPS) is 24.5. The molecule has 100 valence electrons. The van der Waals surface area contributed by atoms with E-state index in [9.17, 15) is 13.2 Å². The van der Waals surface area contributed by atoms with Gasteiger partial charge in [-0.1, -0.05) is 13.8 Å². The number of amides is 1. The van der Waals surface area contributed by atoms with E-state index in [0.29, 0.717) is 19.5 Å². The van der Waals surface area contributed by atoms with Gasteiger partial charge in [-0.15, -0.1) is 0 Å². The van der Waals surface area contributed by atoms with Gasteiger partial charge in [0.05, 0.1) is 11.5 Å². The molecule has 2 N–H and O–H groups in total. The second-order valence-electron chi connectivity index (χ2n) is 4.73. The maximum absolute atomic E-state index is 12.1. The topological polar surface area (TPSA) is 80.5 Å². The maximum atomic E-state index is 12.1. The van der Waals surface area contributed by atoms with Crippen LogP contribution in [0.2, 0.25) is 0 Å². The molecule has 1 saturated heterocycles. The van der Waals surface area contributed by atoms with Crippen LogP contribution in [0, 0.1) is 5.92 Å². The molecular weight excluding hydrogens is 240 g/mol. The Labute approximate surface area is 103 Å². The van der Waals surface area contributed by atoms with E-state index < -0.39 is 9.84 Å². The lowest BCUT2D eigenvalue weighted by Crippen LogP contribution is -2.45. The first kappa shape index (κ1) is 14.4. The fraction of sp³-hybridized carbons (Fsp3) is 0.909. The molecular formula is C11H22N2O3S. The first-order valence-electron chi connectivity index (χ1n) is 6.12. The quantitative estimate of drug-likeness (QED) is 0.756. The van der Waals surface area contributed by atoms with Crippen LogP contribution in [0.4, 0.5) is 0 Å². The number of carbonyl (C=O) groups excluding carboxylic acids is 1. The average Bonchev–Trinajstić information content (AvgIpc) is 2.64. The minimum atomic E-state index is -2.95. The minimum absolute atomic E-state index is 0.0172. The molecule has 0 aliphatic carbocycles. The second kappa shape index (κ2) is 5.82. The summed E-state index contributed by atoms with van der Waals surface area (Å²) in [4.78, 5) is 13.8. The second-order valence-corrected chi connectivity index (χ2v) is 6.95. The molecule has 1 fully saturated rings. The fourth-order valence-electron chi connectivity index (χ4n) is 2.12. The van der Waals surface area contributed by atoms with E-state index in [4.69, 9.17) is 5.73 Å². The summed E-state index contributed by atoms with van der Waals surface area (Å²) in [5, 5.41) is 0. The number of nitrogens with zero attached hydrogens (tertiary/aromatic N) is 1. The Bertz CT molecular complexity index is 367. The SMILES string of the molecule is CCCN(C(=O)C(C)CN)C1CCS(=O)(=O)C1. The molecule has 1 aliphatic rings. The molecule has 17 heavy (non-hydrogen) atoms. The zero-order valence-corrected chi connectivity index (χ0v) is 11.4. The van der Waals surface area contributed by atoms with E-state index in [1.54, 1.807) is 11.8 Å². The van der Waals surface area contributed by atoms with E-state index in [1.807, 2.05) is 6.92 Å². The number of carbonyl (C=O) groups is 1. The highest BCUT2D eigenvalue weighted by Gasteiger charge is 2.35. The van der Waals surface area contributed by atoms with Crippen LogP contribution in [-0.2, 0) is 14.6 Å². The van der Waals surface area contributed by atoms with Gasteiger partial charge in [-0.25, -0.2) is 8.42 Å². The third-order valence-corrected chi connectivity index (χ3v) is 4.92. The van der Waals surface area contributed by atoms with Gasteiger partial charge in [0.15, 0.2) is 9.84 Å². The van der Waals surface area contributed by atoms with E-state index in [2.05, 4.69) is 0 Å². The first-order valence-corrected chi connectivity index (χ1v) is 7.94. The Kier molecular flexibility index (Phi) is 4.94. The summed E-state index contributed by atoms with van der Waals surface area (Å²) in [7, 11) is -2.95. The summed E-state index contributed by atoms with van der Waals surface area (Å²) in [6.07, 6.45) is 1.39. The lowest BCUT2D eigenvalue weighted by Gasteiger charge is -2.30. The predicted molar refractivity (Wildman–Crippen MR) is 67.3 cm³/mol. The van der Waals surface area contributed by atoms with Crippen molar-refractivity contribution in [1.29, 1.82) is 0 Å². The van der Waals surface area contributed by atoms with Gasteiger partial charge in [0.1, 0.15) is 0 Å². The number of hydrogen-bond acceptors (Lipinski definition) is 4. The van der Waals surface area contributed by atoms with E-state index >= 15 is 0 Å². The van der Waals surface area contributed by atoms with Gasteiger partial charge in [-0.05, 0) is 12.8 Å². The van der Waals surface area contributed by atoms with E-state index in [0.717, 1.165) is 6.42 Å². The lowest BCUT2D eigenvalue weighted by atomic mass is 10.1. The Morgan fingerprint density at radius 2 is 2.18 bits per heavy atom. The third-order valence-electron chi connectivity index (χ3n) is 3.17. The van der Waals surface area contributed by atoms with Gasteiger partial charge < -0.3 is 10.6 Å². The molecule has 0 aromatic heterocycles. The Morgan fingerprint density at radius 1 is 1.53 bits per heavy atom. The first-order chi connectivity index (χ1) is 7.91. The predicted octanol–water partition coefficient (Wildman–Crippen LogP) is 0.00690. The molecule has 0 bridgehead atoms. The summed E-state index contributed by atoms with van der Waals surface area (Å²) in [5.41, 5.74) is 5.49. The monoisotopic (exact) mass is 262 g/mol. The summed E-state index contributed by atoms with van der Waals surface area (Å²) in [5.74, 6) is 0.0550. The molecule has 1 rings (SSSR count).